The Balaban J connectivity index is 1.79. The fraction of sp³-hybridized carbons (Fsp3) is 0.348. The lowest BCUT2D eigenvalue weighted by Gasteiger charge is -2.33. The Morgan fingerprint density at radius 1 is 1.21 bits per heavy atom. The van der Waals surface area contributed by atoms with Crippen molar-refractivity contribution in [1.82, 2.24) is 20.1 Å². The Bertz CT molecular complexity index is 953. The number of hydrogen-bond donors (Lipinski definition) is 1. The number of nitrogens with one attached hydrogen (secondary N) is 1. The topological polar surface area (TPSA) is 65.5 Å². The van der Waals surface area contributed by atoms with E-state index in [1.54, 1.807) is 17.3 Å². The standard InChI is InChI=1S/C23H26N4O2/c1-23(2)21-19(22(29)26(23)3)20(17-10-7-11-24-15-17)27(13-12-25-21)18(28)14-16-8-5-4-6-9-16/h4-11,15,20,25H,12-14H2,1-3H3. The third-order valence-electron chi connectivity index (χ3n) is 6.01. The Morgan fingerprint density at radius 2 is 1.97 bits per heavy atom. The molecule has 6 nitrogen and oxygen atoms in total. The van der Waals surface area contributed by atoms with Gasteiger partial charge in [0.2, 0.25) is 5.91 Å². The average Bonchev–Trinajstić information content (AvgIpc) is 2.88. The summed E-state index contributed by atoms with van der Waals surface area (Å²) in [6.45, 7) is 5.18. The minimum atomic E-state index is -0.457. The molecule has 6 heteroatoms. The molecule has 0 spiro atoms. The molecule has 0 aliphatic carbocycles. The van der Waals surface area contributed by atoms with Crippen LogP contribution in [-0.4, -0.2) is 52.3 Å². The van der Waals surface area contributed by atoms with Crippen molar-refractivity contribution in [2.75, 3.05) is 20.1 Å². The zero-order valence-electron chi connectivity index (χ0n) is 17.1. The van der Waals surface area contributed by atoms with E-state index in [2.05, 4.69) is 10.3 Å². The Labute approximate surface area is 171 Å². The second kappa shape index (κ2) is 7.35. The first-order valence-corrected chi connectivity index (χ1v) is 9.91. The van der Waals surface area contributed by atoms with Crippen molar-refractivity contribution in [1.29, 1.82) is 0 Å². The average molecular weight is 390 g/mol. The molecule has 1 aromatic carbocycles. The smallest absolute Gasteiger partial charge is 0.254 e. The molecule has 1 atom stereocenters. The first-order chi connectivity index (χ1) is 13.9. The molecule has 0 bridgehead atoms. The number of rotatable bonds is 3. The summed E-state index contributed by atoms with van der Waals surface area (Å²) >= 11 is 0. The number of likely N-dealkylation sites (N-methyl/N-ethyl adjacent to an activating group) is 1. The van der Waals surface area contributed by atoms with Crippen LogP contribution in [0.25, 0.3) is 0 Å². The molecule has 0 radical (unpaired) electrons. The third kappa shape index (κ3) is 3.28. The number of benzene rings is 1. The summed E-state index contributed by atoms with van der Waals surface area (Å²) in [5, 5.41) is 3.45. The lowest BCUT2D eigenvalue weighted by atomic mass is 9.93. The molecule has 1 aromatic heterocycles. The largest absolute Gasteiger partial charge is 0.384 e. The molecule has 0 saturated carbocycles. The first-order valence-electron chi connectivity index (χ1n) is 9.91. The van der Waals surface area contributed by atoms with Gasteiger partial charge in [0.05, 0.1) is 23.6 Å². The van der Waals surface area contributed by atoms with Crippen LogP contribution in [-0.2, 0) is 16.0 Å². The minimum Gasteiger partial charge on any atom is -0.384 e. The highest BCUT2D eigenvalue weighted by Gasteiger charge is 2.49. The number of hydrogen-bond acceptors (Lipinski definition) is 4. The molecule has 4 rings (SSSR count). The molecule has 3 heterocycles. The van der Waals surface area contributed by atoms with E-state index in [1.807, 2.05) is 68.3 Å². The number of carbonyl (C=O) groups is 2. The van der Waals surface area contributed by atoms with Crippen LogP contribution >= 0.6 is 0 Å². The number of carbonyl (C=O) groups excluding carboxylic acids is 2. The van der Waals surface area contributed by atoms with Gasteiger partial charge in [0, 0.05) is 38.2 Å². The number of aromatic nitrogens is 1. The van der Waals surface area contributed by atoms with Crippen LogP contribution in [0.3, 0.4) is 0 Å². The van der Waals surface area contributed by atoms with Crippen LogP contribution in [0.15, 0.2) is 66.1 Å². The van der Waals surface area contributed by atoms with Crippen molar-refractivity contribution >= 4 is 11.8 Å². The quantitative estimate of drug-likeness (QED) is 0.873. The SMILES string of the molecule is CN1C(=O)C2=C(NCCN(C(=O)Cc3ccccc3)C2c2cccnc2)C1(C)C. The maximum atomic E-state index is 13.4. The van der Waals surface area contributed by atoms with Crippen molar-refractivity contribution in [2.45, 2.75) is 31.8 Å². The molecule has 2 aromatic rings. The molecule has 0 fully saturated rings. The highest BCUT2D eigenvalue weighted by Crippen LogP contribution is 2.42. The van der Waals surface area contributed by atoms with Crippen LogP contribution < -0.4 is 5.32 Å². The van der Waals surface area contributed by atoms with Crippen molar-refractivity contribution in [3.8, 4) is 0 Å². The van der Waals surface area contributed by atoms with E-state index in [0.717, 1.165) is 16.8 Å². The Morgan fingerprint density at radius 3 is 2.66 bits per heavy atom. The molecule has 1 N–H and O–H groups in total. The van der Waals surface area contributed by atoms with E-state index in [1.165, 1.54) is 0 Å². The maximum Gasteiger partial charge on any atom is 0.254 e. The summed E-state index contributed by atoms with van der Waals surface area (Å²) in [5.41, 5.74) is 2.90. The maximum absolute atomic E-state index is 13.4. The van der Waals surface area contributed by atoms with Gasteiger partial charge in [0.1, 0.15) is 0 Å². The molecular weight excluding hydrogens is 364 g/mol. The zero-order chi connectivity index (χ0) is 20.6. The lowest BCUT2D eigenvalue weighted by Crippen LogP contribution is -2.46. The molecule has 1 unspecified atom stereocenters. The summed E-state index contributed by atoms with van der Waals surface area (Å²) in [4.78, 5) is 34.5. The molecule has 29 heavy (non-hydrogen) atoms. The number of nitrogens with zero attached hydrogens (tertiary/aromatic N) is 3. The van der Waals surface area contributed by atoms with E-state index in [9.17, 15) is 9.59 Å². The van der Waals surface area contributed by atoms with E-state index in [0.29, 0.717) is 25.1 Å². The van der Waals surface area contributed by atoms with Gasteiger partial charge in [-0.2, -0.15) is 0 Å². The fourth-order valence-corrected chi connectivity index (χ4v) is 4.22. The van der Waals surface area contributed by atoms with E-state index >= 15 is 0 Å². The van der Waals surface area contributed by atoms with Crippen LogP contribution in [0.5, 0.6) is 0 Å². The summed E-state index contributed by atoms with van der Waals surface area (Å²) < 4.78 is 0. The van der Waals surface area contributed by atoms with Crippen molar-refractivity contribution < 1.29 is 9.59 Å². The van der Waals surface area contributed by atoms with Crippen molar-refractivity contribution in [3.05, 3.63) is 77.3 Å². The summed E-state index contributed by atoms with van der Waals surface area (Å²) in [7, 11) is 1.81. The Hall–Kier alpha value is -3.15. The number of amides is 2. The van der Waals surface area contributed by atoms with Gasteiger partial charge in [-0.05, 0) is 31.0 Å². The summed E-state index contributed by atoms with van der Waals surface area (Å²) in [6, 6.07) is 13.0. The second-order valence-electron chi connectivity index (χ2n) is 8.08. The molecule has 2 aliphatic heterocycles. The lowest BCUT2D eigenvalue weighted by molar-refractivity contribution is -0.133. The monoisotopic (exact) mass is 390 g/mol. The normalized spacial score (nSPS) is 20.9. The van der Waals surface area contributed by atoms with Gasteiger partial charge in [-0.3, -0.25) is 14.6 Å². The highest BCUT2D eigenvalue weighted by atomic mass is 16.2. The van der Waals surface area contributed by atoms with E-state index < -0.39 is 11.6 Å². The van der Waals surface area contributed by atoms with Gasteiger partial charge in [-0.15, -0.1) is 0 Å². The summed E-state index contributed by atoms with van der Waals surface area (Å²) in [6.07, 6.45) is 3.76. The zero-order valence-corrected chi connectivity index (χ0v) is 17.1. The van der Waals surface area contributed by atoms with Crippen LogP contribution in [0.4, 0.5) is 0 Å². The van der Waals surface area contributed by atoms with Gasteiger partial charge in [0.15, 0.2) is 0 Å². The number of pyridine rings is 1. The molecule has 2 aliphatic rings. The van der Waals surface area contributed by atoms with Gasteiger partial charge < -0.3 is 15.1 Å². The van der Waals surface area contributed by atoms with Crippen molar-refractivity contribution in [3.63, 3.8) is 0 Å². The summed E-state index contributed by atoms with van der Waals surface area (Å²) in [5.74, 6) is -0.0495. The molecule has 0 saturated heterocycles. The molecular formula is C23H26N4O2. The van der Waals surface area contributed by atoms with Gasteiger partial charge in [-0.1, -0.05) is 36.4 Å². The van der Waals surface area contributed by atoms with Gasteiger partial charge in [0.25, 0.3) is 5.91 Å². The predicted octanol–water partition coefficient (Wildman–Crippen LogP) is 2.30. The fourth-order valence-electron chi connectivity index (χ4n) is 4.22. The third-order valence-corrected chi connectivity index (χ3v) is 6.01. The minimum absolute atomic E-state index is 0.000706. The van der Waals surface area contributed by atoms with Crippen LogP contribution in [0.1, 0.15) is 31.0 Å². The van der Waals surface area contributed by atoms with E-state index in [-0.39, 0.29) is 11.8 Å². The molecule has 2 amide bonds. The van der Waals surface area contributed by atoms with E-state index in [4.69, 9.17) is 0 Å². The Kier molecular flexibility index (Phi) is 4.86. The van der Waals surface area contributed by atoms with Gasteiger partial charge in [-0.25, -0.2) is 0 Å². The van der Waals surface area contributed by atoms with Crippen molar-refractivity contribution in [2.24, 2.45) is 0 Å². The predicted molar refractivity (Wildman–Crippen MR) is 111 cm³/mol. The van der Waals surface area contributed by atoms with Crippen LogP contribution in [0.2, 0.25) is 0 Å². The highest BCUT2D eigenvalue weighted by molar-refractivity contribution is 6.00. The van der Waals surface area contributed by atoms with Crippen LogP contribution in [0, 0.1) is 0 Å². The molecule has 150 valence electrons. The second-order valence-corrected chi connectivity index (χ2v) is 8.08. The first kappa shape index (κ1) is 19.2. The van der Waals surface area contributed by atoms with Gasteiger partial charge >= 0.3 is 0 Å².